The standard InChI is InChI=1S/C27H33ClN4OS/c1-19-5-3-7-24(28)25(19)27(33)30-13-8-20(2)32-14-9-23(10-15-32)31-26(22-11-16-34-18-22)21-6-4-12-29-17-21/h3-7,11-12,16-18,20,23,26,31H,8-10,13-15H2,1-2H3,(H,30,33). The summed E-state index contributed by atoms with van der Waals surface area (Å²) >= 11 is 7.96. The molecule has 2 N–H and O–H groups in total. The van der Waals surface area contributed by atoms with Gasteiger partial charge in [0.2, 0.25) is 0 Å². The Morgan fingerprint density at radius 1 is 1.21 bits per heavy atom. The summed E-state index contributed by atoms with van der Waals surface area (Å²) in [7, 11) is 0. The number of aryl methyl sites for hydroxylation is 1. The maximum absolute atomic E-state index is 12.6. The Labute approximate surface area is 211 Å². The average molecular weight is 497 g/mol. The smallest absolute Gasteiger partial charge is 0.253 e. The number of aromatic nitrogens is 1. The summed E-state index contributed by atoms with van der Waals surface area (Å²) in [6.07, 6.45) is 6.92. The number of likely N-dealkylation sites (tertiary alicyclic amines) is 1. The average Bonchev–Trinajstić information content (AvgIpc) is 3.38. The number of nitrogens with zero attached hydrogens (tertiary/aromatic N) is 2. The summed E-state index contributed by atoms with van der Waals surface area (Å²) in [4.78, 5) is 19.5. The van der Waals surface area contributed by atoms with Gasteiger partial charge >= 0.3 is 0 Å². The Hall–Kier alpha value is -2.25. The van der Waals surface area contributed by atoms with Gasteiger partial charge in [0.05, 0.1) is 16.6 Å². The molecule has 0 radical (unpaired) electrons. The van der Waals surface area contributed by atoms with Crippen LogP contribution in [0.3, 0.4) is 0 Å². The first kappa shape index (κ1) is 24.9. The molecule has 0 spiro atoms. The van der Waals surface area contributed by atoms with E-state index in [0.29, 0.717) is 29.2 Å². The van der Waals surface area contributed by atoms with Crippen molar-refractivity contribution < 1.29 is 4.79 Å². The normalized spacial score (nSPS) is 16.8. The van der Waals surface area contributed by atoms with Gasteiger partial charge in [-0.1, -0.05) is 29.8 Å². The Kier molecular flexibility index (Phi) is 8.73. The fraction of sp³-hybridized carbons (Fsp3) is 0.407. The van der Waals surface area contributed by atoms with Crippen molar-refractivity contribution in [3.8, 4) is 0 Å². The molecule has 2 unspecified atom stereocenters. The predicted octanol–water partition coefficient (Wildman–Crippen LogP) is 5.46. The van der Waals surface area contributed by atoms with Crippen molar-refractivity contribution in [2.45, 2.75) is 51.2 Å². The van der Waals surface area contributed by atoms with Gasteiger partial charge in [-0.15, -0.1) is 0 Å². The lowest BCUT2D eigenvalue weighted by Crippen LogP contribution is -2.47. The van der Waals surface area contributed by atoms with Crippen LogP contribution in [0, 0.1) is 6.92 Å². The third-order valence-electron chi connectivity index (χ3n) is 6.75. The minimum atomic E-state index is -0.0897. The lowest BCUT2D eigenvalue weighted by atomic mass is 9.97. The third-order valence-corrected chi connectivity index (χ3v) is 7.76. The van der Waals surface area contributed by atoms with Crippen LogP contribution in [0.25, 0.3) is 0 Å². The highest BCUT2D eigenvalue weighted by Crippen LogP contribution is 2.26. The Morgan fingerprint density at radius 2 is 2.03 bits per heavy atom. The number of nitrogens with one attached hydrogen (secondary N) is 2. The fourth-order valence-electron chi connectivity index (χ4n) is 4.70. The van der Waals surface area contributed by atoms with Crippen molar-refractivity contribution in [2.75, 3.05) is 19.6 Å². The van der Waals surface area contributed by atoms with E-state index in [2.05, 4.69) is 50.3 Å². The zero-order valence-corrected chi connectivity index (χ0v) is 21.4. The van der Waals surface area contributed by atoms with E-state index >= 15 is 0 Å². The summed E-state index contributed by atoms with van der Waals surface area (Å²) in [6, 6.07) is 13.0. The number of benzene rings is 1. The number of hydrogen-bond acceptors (Lipinski definition) is 5. The highest BCUT2D eigenvalue weighted by atomic mass is 35.5. The molecule has 1 aliphatic heterocycles. The zero-order chi connectivity index (χ0) is 23.9. The molecule has 1 fully saturated rings. The molecule has 0 aliphatic carbocycles. The second kappa shape index (κ2) is 11.9. The first-order valence-electron chi connectivity index (χ1n) is 12.0. The number of carbonyl (C=O) groups excluding carboxylic acids is 1. The number of rotatable bonds is 9. The van der Waals surface area contributed by atoms with Crippen molar-refractivity contribution in [2.24, 2.45) is 0 Å². The van der Waals surface area contributed by atoms with Gasteiger partial charge in [-0.3, -0.25) is 9.78 Å². The van der Waals surface area contributed by atoms with Crippen LogP contribution in [0.1, 0.15) is 59.3 Å². The minimum Gasteiger partial charge on any atom is -0.352 e. The van der Waals surface area contributed by atoms with Crippen LogP contribution in [0.5, 0.6) is 0 Å². The van der Waals surface area contributed by atoms with Crippen LogP contribution in [-0.2, 0) is 0 Å². The Balaban J connectivity index is 1.25. The van der Waals surface area contributed by atoms with Crippen LogP contribution < -0.4 is 10.6 Å². The molecule has 5 nitrogen and oxygen atoms in total. The molecule has 0 saturated carbocycles. The van der Waals surface area contributed by atoms with Crippen LogP contribution in [0.2, 0.25) is 5.02 Å². The van der Waals surface area contributed by atoms with Gasteiger partial charge in [0, 0.05) is 31.0 Å². The van der Waals surface area contributed by atoms with Crippen molar-refractivity contribution in [3.63, 3.8) is 0 Å². The highest BCUT2D eigenvalue weighted by molar-refractivity contribution is 7.08. The third kappa shape index (κ3) is 6.25. The van der Waals surface area contributed by atoms with E-state index in [4.69, 9.17) is 11.6 Å². The van der Waals surface area contributed by atoms with E-state index in [1.54, 1.807) is 17.4 Å². The van der Waals surface area contributed by atoms with E-state index in [0.717, 1.165) is 37.9 Å². The van der Waals surface area contributed by atoms with Crippen molar-refractivity contribution >= 4 is 28.8 Å². The minimum absolute atomic E-state index is 0.0897. The van der Waals surface area contributed by atoms with Crippen molar-refractivity contribution in [1.29, 1.82) is 0 Å². The van der Waals surface area contributed by atoms with Crippen molar-refractivity contribution in [1.82, 2.24) is 20.5 Å². The first-order valence-corrected chi connectivity index (χ1v) is 13.3. The van der Waals surface area contributed by atoms with E-state index < -0.39 is 0 Å². The molecule has 0 bridgehead atoms. The molecule has 2 aromatic heterocycles. The quantitative estimate of drug-likeness (QED) is 0.413. The number of amides is 1. The molecule has 1 aromatic carbocycles. The molecule has 180 valence electrons. The molecule has 1 aliphatic rings. The number of carbonyl (C=O) groups is 1. The van der Waals surface area contributed by atoms with Gasteiger partial charge < -0.3 is 15.5 Å². The zero-order valence-electron chi connectivity index (χ0n) is 19.8. The van der Waals surface area contributed by atoms with Crippen molar-refractivity contribution in [3.05, 3.63) is 86.8 Å². The molecule has 3 aromatic rings. The lowest BCUT2D eigenvalue weighted by molar-refractivity contribution is 0.0943. The molecule has 1 amide bonds. The number of hydrogen-bond donors (Lipinski definition) is 2. The lowest BCUT2D eigenvalue weighted by Gasteiger charge is -2.38. The summed E-state index contributed by atoms with van der Waals surface area (Å²) in [6.45, 7) is 6.92. The number of thiophene rings is 1. The second-order valence-corrected chi connectivity index (χ2v) is 10.3. The van der Waals surface area contributed by atoms with Crippen LogP contribution in [0.4, 0.5) is 0 Å². The van der Waals surface area contributed by atoms with E-state index in [9.17, 15) is 4.79 Å². The fourth-order valence-corrected chi connectivity index (χ4v) is 5.69. The molecule has 1 saturated heterocycles. The summed E-state index contributed by atoms with van der Waals surface area (Å²) in [5, 5.41) is 11.8. The molecule has 3 heterocycles. The number of piperidine rings is 1. The molecule has 7 heteroatoms. The topological polar surface area (TPSA) is 57.3 Å². The van der Waals surface area contributed by atoms with Gasteiger partial charge in [0.1, 0.15) is 0 Å². The molecule has 2 atom stereocenters. The monoisotopic (exact) mass is 496 g/mol. The summed E-state index contributed by atoms with van der Waals surface area (Å²) in [5.41, 5.74) is 4.00. The molecular formula is C27H33ClN4OS. The highest BCUT2D eigenvalue weighted by Gasteiger charge is 2.26. The van der Waals surface area contributed by atoms with Crippen LogP contribution in [-0.4, -0.2) is 47.5 Å². The predicted molar refractivity (Wildman–Crippen MR) is 141 cm³/mol. The van der Waals surface area contributed by atoms with E-state index in [1.807, 2.05) is 37.5 Å². The molecular weight excluding hydrogens is 464 g/mol. The SMILES string of the molecule is Cc1cccc(Cl)c1C(=O)NCCC(C)N1CCC(NC(c2cccnc2)c2ccsc2)CC1. The Bertz CT molecular complexity index is 1030. The van der Waals surface area contributed by atoms with Gasteiger partial charge in [0.25, 0.3) is 5.91 Å². The number of halogens is 1. The number of pyridine rings is 1. The van der Waals surface area contributed by atoms with Gasteiger partial charge in [0.15, 0.2) is 0 Å². The van der Waals surface area contributed by atoms with Crippen LogP contribution in [0.15, 0.2) is 59.6 Å². The summed E-state index contributed by atoms with van der Waals surface area (Å²) in [5.74, 6) is -0.0897. The maximum atomic E-state index is 12.6. The van der Waals surface area contributed by atoms with Gasteiger partial charge in [-0.05, 0) is 91.8 Å². The van der Waals surface area contributed by atoms with E-state index in [1.165, 1.54) is 11.1 Å². The van der Waals surface area contributed by atoms with E-state index in [-0.39, 0.29) is 11.9 Å². The Morgan fingerprint density at radius 3 is 2.71 bits per heavy atom. The molecule has 4 rings (SSSR count). The molecule has 34 heavy (non-hydrogen) atoms. The van der Waals surface area contributed by atoms with Crippen LogP contribution >= 0.6 is 22.9 Å². The summed E-state index contributed by atoms with van der Waals surface area (Å²) < 4.78 is 0. The van der Waals surface area contributed by atoms with Gasteiger partial charge in [-0.2, -0.15) is 11.3 Å². The first-order chi connectivity index (χ1) is 16.5. The largest absolute Gasteiger partial charge is 0.352 e. The maximum Gasteiger partial charge on any atom is 0.253 e. The second-order valence-electron chi connectivity index (χ2n) is 9.08. The van der Waals surface area contributed by atoms with Gasteiger partial charge in [-0.25, -0.2) is 0 Å².